The molecule has 1 aromatic rings. The van der Waals surface area contributed by atoms with Gasteiger partial charge in [-0.15, -0.1) is 23.8 Å². The minimum absolute atomic E-state index is 0. The minimum Gasteiger partial charge on any atom is -0.197 e. The Kier molecular flexibility index (Phi) is 5.10. The summed E-state index contributed by atoms with van der Waals surface area (Å²) in [5.74, 6) is 0. The van der Waals surface area contributed by atoms with E-state index in [1.54, 1.807) is 0 Å². The van der Waals surface area contributed by atoms with Crippen LogP contribution < -0.4 is 0 Å². The number of hydrogen-bond acceptors (Lipinski definition) is 0. The van der Waals surface area contributed by atoms with Crippen LogP contribution in [0, 0.1) is 6.08 Å². The number of rotatable bonds is 1. The second kappa shape index (κ2) is 5.31. The Balaban J connectivity index is 0.000000360. The van der Waals surface area contributed by atoms with Crippen molar-refractivity contribution in [2.24, 2.45) is 0 Å². The summed E-state index contributed by atoms with van der Waals surface area (Å²) in [7, 11) is -10.7. The van der Waals surface area contributed by atoms with E-state index in [0.29, 0.717) is 0 Å². The molecule has 8 heteroatoms. The number of allylic oxidation sites excluding steroid dienone is 4. The van der Waals surface area contributed by atoms with E-state index in [-0.39, 0.29) is 17.1 Å². The molecule has 0 bridgehead atoms. The fourth-order valence-electron chi connectivity index (χ4n) is 1.22. The van der Waals surface area contributed by atoms with E-state index in [1.807, 2.05) is 6.07 Å². The molecule has 0 nitrogen and oxygen atoms in total. The van der Waals surface area contributed by atoms with Crippen LogP contribution in [0.4, 0.5) is 25.2 Å². The predicted molar refractivity (Wildman–Crippen MR) is 60.4 cm³/mol. The molecule has 0 aliphatic heterocycles. The minimum atomic E-state index is -10.7. The third-order valence-corrected chi connectivity index (χ3v) is 1.78. The van der Waals surface area contributed by atoms with Gasteiger partial charge in [-0.05, 0) is 0 Å². The third-order valence-electron chi connectivity index (χ3n) is 1.78. The number of hydrogen-bond donors (Lipinski definition) is 0. The molecule has 0 saturated heterocycles. The quantitative estimate of drug-likeness (QED) is 0.246. The zero-order valence-electron chi connectivity index (χ0n) is 9.32. The average molecular weight is 342 g/mol. The first-order chi connectivity index (χ1) is 7.92. The van der Waals surface area contributed by atoms with Crippen molar-refractivity contribution in [2.75, 3.05) is 0 Å². The molecule has 1 aliphatic rings. The first-order valence-corrected chi connectivity index (χ1v) is 6.84. The Labute approximate surface area is 116 Å². The third kappa shape index (κ3) is 12.0. The van der Waals surface area contributed by atoms with Crippen LogP contribution in [0.3, 0.4) is 0 Å². The van der Waals surface area contributed by atoms with Crippen molar-refractivity contribution in [3.05, 3.63) is 54.1 Å². The van der Waals surface area contributed by atoms with Crippen LogP contribution in [0.2, 0.25) is 0 Å². The van der Waals surface area contributed by atoms with E-state index < -0.39 is 7.81 Å². The van der Waals surface area contributed by atoms with Crippen LogP contribution in [0.1, 0.15) is 12.0 Å². The van der Waals surface area contributed by atoms with E-state index in [2.05, 4.69) is 42.5 Å². The summed E-state index contributed by atoms with van der Waals surface area (Å²) in [6.45, 7) is 0. The van der Waals surface area contributed by atoms with Gasteiger partial charge in [0.1, 0.15) is 0 Å². The molecular weight excluding hydrogens is 333 g/mol. The van der Waals surface area contributed by atoms with Crippen molar-refractivity contribution in [1.29, 1.82) is 0 Å². The predicted octanol–water partition coefficient (Wildman–Crippen LogP) is 6.21. The monoisotopic (exact) mass is 342 g/mol. The number of benzene rings is 1. The fourth-order valence-corrected chi connectivity index (χ4v) is 1.22. The number of halogens is 6. The first-order valence-electron chi connectivity index (χ1n) is 4.81. The Morgan fingerprint density at radius 3 is 1.74 bits per heavy atom. The average Bonchev–Trinajstić information content (AvgIpc) is 2.67. The van der Waals surface area contributed by atoms with Gasteiger partial charge in [0.25, 0.3) is 0 Å². The normalized spacial score (nSPS) is 17.3. The topological polar surface area (TPSA) is 0 Å². The fraction of sp³-hybridized carbons (Fsp3) is 0.0909. The van der Waals surface area contributed by atoms with Gasteiger partial charge in [0.05, 0.1) is 0 Å². The summed E-state index contributed by atoms with van der Waals surface area (Å²) in [5, 5.41) is 0. The first kappa shape index (κ1) is 18.2. The molecule has 0 aromatic heterocycles. The van der Waals surface area contributed by atoms with Crippen molar-refractivity contribution in [2.45, 2.75) is 6.42 Å². The molecule has 19 heavy (non-hydrogen) atoms. The summed E-state index contributed by atoms with van der Waals surface area (Å²) in [6, 6.07) is 10.4. The molecule has 0 saturated carbocycles. The van der Waals surface area contributed by atoms with Crippen LogP contribution in [-0.4, -0.2) is 0 Å². The van der Waals surface area contributed by atoms with Crippen molar-refractivity contribution in [1.82, 2.24) is 0 Å². The maximum Gasteiger partial charge on any atom is 0 e. The van der Waals surface area contributed by atoms with Crippen molar-refractivity contribution in [3.63, 3.8) is 0 Å². The summed E-state index contributed by atoms with van der Waals surface area (Å²) >= 11 is 0. The summed E-state index contributed by atoms with van der Waals surface area (Å²) in [6.07, 6.45) is 8.49. The van der Waals surface area contributed by atoms with Gasteiger partial charge in [0, 0.05) is 17.1 Å². The largest absolute Gasteiger partial charge is 0.197 e. The zero-order valence-corrected chi connectivity index (χ0v) is 11.3. The molecule has 0 heterocycles. The van der Waals surface area contributed by atoms with Crippen LogP contribution >= 0.6 is 7.81 Å². The van der Waals surface area contributed by atoms with Gasteiger partial charge in [0.15, 0.2) is 0 Å². The van der Waals surface area contributed by atoms with Gasteiger partial charge in [0.2, 0.25) is 0 Å². The molecule has 1 aromatic carbocycles. The van der Waals surface area contributed by atoms with Crippen molar-refractivity contribution >= 4 is 13.4 Å². The van der Waals surface area contributed by atoms with Crippen LogP contribution in [0.25, 0.3) is 5.57 Å². The zero-order chi connectivity index (χ0) is 13.9. The van der Waals surface area contributed by atoms with Gasteiger partial charge in [-0.2, -0.15) is 17.7 Å². The molecule has 0 fully saturated rings. The van der Waals surface area contributed by atoms with E-state index in [4.69, 9.17) is 0 Å². The van der Waals surface area contributed by atoms with E-state index in [0.717, 1.165) is 6.42 Å². The SMILES string of the molecule is F[P-](F)(F)(F)(F)F.[C-]1=C(c2ccccc2)C=CC1.[Fe]. The Hall–Kier alpha value is -0.771. The second-order valence-corrected chi connectivity index (χ2v) is 5.44. The molecule has 0 radical (unpaired) electrons. The molecule has 1 aliphatic carbocycles. The van der Waals surface area contributed by atoms with E-state index in [9.17, 15) is 25.2 Å². The van der Waals surface area contributed by atoms with E-state index >= 15 is 0 Å². The Bertz CT molecular complexity index is 463. The molecule has 0 spiro atoms. The molecule has 0 amide bonds. The molecule has 2 rings (SSSR count). The summed E-state index contributed by atoms with van der Waals surface area (Å²) < 4.78 is 59.2. The van der Waals surface area contributed by atoms with Crippen molar-refractivity contribution < 1.29 is 42.3 Å². The van der Waals surface area contributed by atoms with Gasteiger partial charge >= 0.3 is 33.0 Å². The van der Waals surface area contributed by atoms with Gasteiger partial charge in [-0.3, -0.25) is 0 Å². The maximum absolute atomic E-state index is 10.7. The van der Waals surface area contributed by atoms with Crippen LogP contribution in [0.5, 0.6) is 0 Å². The maximum atomic E-state index is 9.87. The molecular formula is C11H9F6FeP-2. The second-order valence-electron chi connectivity index (χ2n) is 3.52. The Morgan fingerprint density at radius 2 is 1.37 bits per heavy atom. The van der Waals surface area contributed by atoms with E-state index in [1.165, 1.54) is 11.1 Å². The van der Waals surface area contributed by atoms with Gasteiger partial charge in [-0.1, -0.05) is 24.6 Å². The standard InChI is InChI=1S/C11H9.F6P.Fe/c1-2-6-10(7-3-1)11-8-4-5-9-11;1-7(2,3,4,5)6;/h1-4,6-8H,5H2;;/q2*-1;. The molecule has 0 N–H and O–H groups in total. The van der Waals surface area contributed by atoms with Crippen LogP contribution in [-0.2, 0) is 17.1 Å². The molecule has 0 unspecified atom stereocenters. The van der Waals surface area contributed by atoms with Crippen molar-refractivity contribution in [3.8, 4) is 0 Å². The summed E-state index contributed by atoms with van der Waals surface area (Å²) in [5.41, 5.74) is 2.49. The van der Waals surface area contributed by atoms with Gasteiger partial charge < -0.3 is 0 Å². The Morgan fingerprint density at radius 1 is 0.895 bits per heavy atom. The summed E-state index contributed by atoms with van der Waals surface area (Å²) in [4.78, 5) is 0. The smallest absolute Gasteiger partial charge is 0 e. The molecule has 0 atom stereocenters. The van der Waals surface area contributed by atoms with Gasteiger partial charge in [-0.25, -0.2) is 0 Å². The van der Waals surface area contributed by atoms with Crippen LogP contribution in [0.15, 0.2) is 42.5 Å². The molecule has 110 valence electrons.